The van der Waals surface area contributed by atoms with Gasteiger partial charge in [-0.25, -0.2) is 0 Å². The Hall–Kier alpha value is -1.32. The zero-order valence-corrected chi connectivity index (χ0v) is 13.1. The quantitative estimate of drug-likeness (QED) is 0.917. The van der Waals surface area contributed by atoms with E-state index >= 15 is 0 Å². The molecule has 0 saturated carbocycles. The average Bonchev–Trinajstić information content (AvgIpc) is 2.95. The van der Waals surface area contributed by atoms with Crippen molar-refractivity contribution in [3.63, 3.8) is 0 Å². The maximum absolute atomic E-state index is 5.82. The summed E-state index contributed by atoms with van der Waals surface area (Å²) in [5.74, 6) is 1.09. The summed E-state index contributed by atoms with van der Waals surface area (Å²) in [4.78, 5) is 0. The van der Waals surface area contributed by atoms with Gasteiger partial charge in [0.1, 0.15) is 5.75 Å². The first-order chi connectivity index (χ1) is 9.78. The molecule has 2 nitrogen and oxygen atoms in total. The highest BCUT2D eigenvalue weighted by atomic mass is 79.9. The predicted octanol–water partition coefficient (Wildman–Crippen LogP) is 3.89. The average molecular weight is 332 g/mol. The molecule has 1 unspecified atom stereocenters. The molecule has 20 heavy (non-hydrogen) atoms. The van der Waals surface area contributed by atoms with Crippen LogP contribution < -0.4 is 10.1 Å². The second kappa shape index (κ2) is 5.98. The van der Waals surface area contributed by atoms with E-state index < -0.39 is 0 Å². The molecule has 1 aliphatic rings. The Balaban J connectivity index is 1.87. The summed E-state index contributed by atoms with van der Waals surface area (Å²) in [5, 5.41) is 3.42. The lowest BCUT2D eigenvalue weighted by Crippen LogP contribution is -2.19. The van der Waals surface area contributed by atoms with Crippen molar-refractivity contribution in [1.82, 2.24) is 5.32 Å². The number of nitrogens with one attached hydrogen (secondary N) is 1. The normalized spacial score (nSPS) is 14.7. The highest BCUT2D eigenvalue weighted by molar-refractivity contribution is 9.10. The maximum atomic E-state index is 5.82. The van der Waals surface area contributed by atoms with E-state index in [0.29, 0.717) is 0 Å². The molecule has 0 aromatic heterocycles. The Bertz CT molecular complexity index is 594. The van der Waals surface area contributed by atoms with Crippen LogP contribution in [0.1, 0.15) is 22.7 Å². The van der Waals surface area contributed by atoms with Gasteiger partial charge in [0.25, 0.3) is 0 Å². The van der Waals surface area contributed by atoms with Crippen LogP contribution in [-0.4, -0.2) is 13.7 Å². The first kappa shape index (κ1) is 13.7. The Morgan fingerprint density at radius 2 is 2.00 bits per heavy atom. The monoisotopic (exact) mass is 331 g/mol. The molecule has 0 radical (unpaired) electrons. The molecule has 0 fully saturated rings. The van der Waals surface area contributed by atoms with Gasteiger partial charge in [0.15, 0.2) is 0 Å². The predicted molar refractivity (Wildman–Crippen MR) is 85.3 cm³/mol. The van der Waals surface area contributed by atoms with Crippen LogP contribution in [-0.2, 0) is 12.8 Å². The van der Waals surface area contributed by atoms with Crippen molar-refractivity contribution < 1.29 is 4.74 Å². The molecule has 1 atom stereocenters. The third kappa shape index (κ3) is 2.74. The van der Waals surface area contributed by atoms with Gasteiger partial charge in [-0.15, -0.1) is 0 Å². The molecule has 1 heterocycles. The van der Waals surface area contributed by atoms with E-state index in [0.717, 1.165) is 29.7 Å². The third-order valence-corrected chi connectivity index (χ3v) is 4.35. The van der Waals surface area contributed by atoms with Gasteiger partial charge in [-0.3, -0.25) is 0 Å². The summed E-state index contributed by atoms with van der Waals surface area (Å²) in [6, 6.07) is 15.3. The SMILES string of the molecule is CNC(Cc1ccc(Br)cc1)c1cccc2c1OCC2. The second-order valence-corrected chi connectivity index (χ2v) is 6.02. The fourth-order valence-corrected chi connectivity index (χ4v) is 3.00. The van der Waals surface area contributed by atoms with Gasteiger partial charge in [-0.2, -0.15) is 0 Å². The lowest BCUT2D eigenvalue weighted by Gasteiger charge is -2.19. The van der Waals surface area contributed by atoms with Crippen LogP contribution in [0.5, 0.6) is 5.75 Å². The standard InChI is InChI=1S/C17H18BrNO/c1-19-16(11-12-5-7-14(18)8-6-12)15-4-2-3-13-9-10-20-17(13)15/h2-8,16,19H,9-11H2,1H3. The van der Waals surface area contributed by atoms with Crippen molar-refractivity contribution in [3.05, 3.63) is 63.6 Å². The molecule has 104 valence electrons. The van der Waals surface area contributed by atoms with Crippen LogP contribution in [0, 0.1) is 0 Å². The van der Waals surface area contributed by atoms with Crippen LogP contribution in [0.25, 0.3) is 0 Å². The molecule has 3 heteroatoms. The van der Waals surface area contributed by atoms with E-state index in [-0.39, 0.29) is 6.04 Å². The van der Waals surface area contributed by atoms with Crippen molar-refractivity contribution in [2.45, 2.75) is 18.9 Å². The number of para-hydroxylation sites is 1. The minimum Gasteiger partial charge on any atom is -0.493 e. The van der Waals surface area contributed by atoms with E-state index in [9.17, 15) is 0 Å². The third-order valence-electron chi connectivity index (χ3n) is 3.82. The molecule has 2 aromatic rings. The van der Waals surface area contributed by atoms with Gasteiger partial charge in [0.05, 0.1) is 6.61 Å². The molecule has 0 aliphatic carbocycles. The summed E-state index contributed by atoms with van der Waals surface area (Å²) in [6.45, 7) is 0.807. The van der Waals surface area contributed by atoms with E-state index in [1.54, 1.807) is 0 Å². The number of likely N-dealkylation sites (N-methyl/N-ethyl adjacent to an activating group) is 1. The number of halogens is 1. The molecular weight excluding hydrogens is 314 g/mol. The lowest BCUT2D eigenvalue weighted by atomic mass is 9.96. The smallest absolute Gasteiger partial charge is 0.127 e. The van der Waals surface area contributed by atoms with Gasteiger partial charge in [-0.1, -0.05) is 46.3 Å². The van der Waals surface area contributed by atoms with Crippen LogP contribution in [0.3, 0.4) is 0 Å². The maximum Gasteiger partial charge on any atom is 0.127 e. The fraction of sp³-hybridized carbons (Fsp3) is 0.294. The van der Waals surface area contributed by atoms with Crippen molar-refractivity contribution in [3.8, 4) is 5.75 Å². The zero-order valence-electron chi connectivity index (χ0n) is 11.5. The summed E-state index contributed by atoms with van der Waals surface area (Å²) in [5.41, 5.74) is 3.92. The molecule has 0 bridgehead atoms. The summed E-state index contributed by atoms with van der Waals surface area (Å²) in [7, 11) is 2.01. The zero-order chi connectivity index (χ0) is 13.9. The lowest BCUT2D eigenvalue weighted by molar-refractivity contribution is 0.349. The van der Waals surface area contributed by atoms with E-state index in [1.807, 2.05) is 7.05 Å². The van der Waals surface area contributed by atoms with Crippen molar-refractivity contribution >= 4 is 15.9 Å². The van der Waals surface area contributed by atoms with Gasteiger partial charge in [0.2, 0.25) is 0 Å². The second-order valence-electron chi connectivity index (χ2n) is 5.11. The number of hydrogen-bond acceptors (Lipinski definition) is 2. The molecule has 0 spiro atoms. The number of benzene rings is 2. The Morgan fingerprint density at radius 3 is 2.75 bits per heavy atom. The van der Waals surface area contributed by atoms with Gasteiger partial charge < -0.3 is 10.1 Å². The molecule has 1 N–H and O–H groups in total. The molecule has 1 aliphatic heterocycles. The molecule has 2 aromatic carbocycles. The highest BCUT2D eigenvalue weighted by Gasteiger charge is 2.21. The molecule has 0 saturated heterocycles. The largest absolute Gasteiger partial charge is 0.493 e. The van der Waals surface area contributed by atoms with Crippen LogP contribution in [0.15, 0.2) is 46.9 Å². The number of ether oxygens (including phenoxy) is 1. The number of fused-ring (bicyclic) bond motifs is 1. The first-order valence-corrected chi connectivity index (χ1v) is 7.73. The number of hydrogen-bond donors (Lipinski definition) is 1. The highest BCUT2D eigenvalue weighted by Crippen LogP contribution is 2.34. The van der Waals surface area contributed by atoms with Crippen molar-refractivity contribution in [2.24, 2.45) is 0 Å². The first-order valence-electron chi connectivity index (χ1n) is 6.94. The Labute approximate surface area is 128 Å². The van der Waals surface area contributed by atoms with Crippen LogP contribution in [0.2, 0.25) is 0 Å². The Kier molecular flexibility index (Phi) is 4.08. The fourth-order valence-electron chi connectivity index (χ4n) is 2.74. The molecule has 0 amide bonds. The molecule has 3 rings (SSSR count). The van der Waals surface area contributed by atoms with Gasteiger partial charge in [0, 0.05) is 22.5 Å². The minimum absolute atomic E-state index is 0.282. The minimum atomic E-state index is 0.282. The van der Waals surface area contributed by atoms with Crippen molar-refractivity contribution in [2.75, 3.05) is 13.7 Å². The van der Waals surface area contributed by atoms with Crippen LogP contribution >= 0.6 is 15.9 Å². The summed E-state index contributed by atoms with van der Waals surface area (Å²) in [6.07, 6.45) is 1.99. The van der Waals surface area contributed by atoms with Gasteiger partial charge >= 0.3 is 0 Å². The topological polar surface area (TPSA) is 21.3 Å². The van der Waals surface area contributed by atoms with E-state index in [2.05, 4.69) is 63.7 Å². The Morgan fingerprint density at radius 1 is 1.20 bits per heavy atom. The molecular formula is C17H18BrNO. The number of rotatable bonds is 4. The summed E-state index contributed by atoms with van der Waals surface area (Å²) >= 11 is 3.48. The van der Waals surface area contributed by atoms with Crippen LogP contribution in [0.4, 0.5) is 0 Å². The van der Waals surface area contributed by atoms with E-state index in [4.69, 9.17) is 4.74 Å². The summed E-state index contributed by atoms with van der Waals surface area (Å²) < 4.78 is 6.94. The van der Waals surface area contributed by atoms with Crippen molar-refractivity contribution in [1.29, 1.82) is 0 Å². The van der Waals surface area contributed by atoms with E-state index in [1.165, 1.54) is 16.7 Å². The van der Waals surface area contributed by atoms with Gasteiger partial charge in [-0.05, 0) is 36.7 Å².